The van der Waals surface area contributed by atoms with Gasteiger partial charge < -0.3 is 10.1 Å². The van der Waals surface area contributed by atoms with Crippen LogP contribution in [-0.4, -0.2) is 18.1 Å². The normalized spacial score (nSPS) is 12.7. The molecule has 1 unspecified atom stereocenters. The van der Waals surface area contributed by atoms with Gasteiger partial charge in [0, 0.05) is 6.54 Å². The van der Waals surface area contributed by atoms with Crippen molar-refractivity contribution in [2.45, 2.75) is 39.5 Å². The Morgan fingerprint density at radius 1 is 1.40 bits per heavy atom. The average molecular weight is 208 g/mol. The largest absolute Gasteiger partial charge is 0.372 e. The molecule has 0 saturated heterocycles. The summed E-state index contributed by atoms with van der Waals surface area (Å²) in [4.78, 5) is 4.48. The van der Waals surface area contributed by atoms with Crippen LogP contribution in [-0.2, 0) is 17.9 Å². The van der Waals surface area contributed by atoms with Crippen LogP contribution in [0.4, 0.5) is 0 Å². The number of hydrogen-bond donors (Lipinski definition) is 1. The third-order valence-corrected chi connectivity index (χ3v) is 2.31. The first kappa shape index (κ1) is 12.1. The van der Waals surface area contributed by atoms with E-state index in [2.05, 4.69) is 24.1 Å². The van der Waals surface area contributed by atoms with E-state index in [1.807, 2.05) is 25.2 Å². The molecule has 1 aromatic rings. The Hall–Kier alpha value is -0.930. The maximum atomic E-state index is 5.63. The molecule has 0 radical (unpaired) electrons. The molecule has 0 fully saturated rings. The predicted molar refractivity (Wildman–Crippen MR) is 61.5 cm³/mol. The molecule has 0 spiro atoms. The summed E-state index contributed by atoms with van der Waals surface area (Å²) >= 11 is 0. The van der Waals surface area contributed by atoms with Gasteiger partial charge in [-0.1, -0.05) is 13.0 Å². The summed E-state index contributed by atoms with van der Waals surface area (Å²) in [5.41, 5.74) is 2.06. The van der Waals surface area contributed by atoms with Crippen molar-refractivity contribution in [1.82, 2.24) is 10.3 Å². The van der Waals surface area contributed by atoms with Gasteiger partial charge in [-0.15, -0.1) is 0 Å². The number of aromatic nitrogens is 1. The standard InChI is InChI=1S/C12H20N2O/c1-4-10(2)15-9-12-7-5-6-11(14-12)8-13-3/h5-7,10,13H,4,8-9H2,1-3H3. The Balaban J connectivity index is 2.50. The molecule has 1 aromatic heterocycles. The summed E-state index contributed by atoms with van der Waals surface area (Å²) in [6.07, 6.45) is 1.34. The molecule has 15 heavy (non-hydrogen) atoms. The molecule has 0 bridgehead atoms. The van der Waals surface area contributed by atoms with Crippen molar-refractivity contribution in [2.24, 2.45) is 0 Å². The Labute approximate surface area is 91.9 Å². The topological polar surface area (TPSA) is 34.1 Å². The lowest BCUT2D eigenvalue weighted by Gasteiger charge is -2.10. The molecular weight excluding hydrogens is 188 g/mol. The summed E-state index contributed by atoms with van der Waals surface area (Å²) in [6.45, 7) is 5.61. The minimum atomic E-state index is 0.305. The number of rotatable bonds is 6. The van der Waals surface area contributed by atoms with Crippen LogP contribution < -0.4 is 5.32 Å². The lowest BCUT2D eigenvalue weighted by molar-refractivity contribution is 0.0488. The van der Waals surface area contributed by atoms with E-state index < -0.39 is 0 Å². The Morgan fingerprint density at radius 2 is 2.13 bits per heavy atom. The highest BCUT2D eigenvalue weighted by atomic mass is 16.5. The van der Waals surface area contributed by atoms with Gasteiger partial charge in [-0.2, -0.15) is 0 Å². The highest BCUT2D eigenvalue weighted by molar-refractivity contribution is 5.10. The van der Waals surface area contributed by atoms with Crippen LogP contribution in [0.5, 0.6) is 0 Å². The Morgan fingerprint density at radius 3 is 2.80 bits per heavy atom. The van der Waals surface area contributed by atoms with Crippen LogP contribution in [0.1, 0.15) is 31.7 Å². The molecule has 1 atom stereocenters. The van der Waals surface area contributed by atoms with Crippen molar-refractivity contribution in [2.75, 3.05) is 7.05 Å². The van der Waals surface area contributed by atoms with Gasteiger partial charge in [0.1, 0.15) is 0 Å². The van der Waals surface area contributed by atoms with Crippen molar-refractivity contribution in [1.29, 1.82) is 0 Å². The SMILES string of the molecule is CCC(C)OCc1cccc(CNC)n1. The summed E-state index contributed by atoms with van der Waals surface area (Å²) in [6, 6.07) is 6.04. The van der Waals surface area contributed by atoms with Crippen molar-refractivity contribution in [3.05, 3.63) is 29.6 Å². The maximum absolute atomic E-state index is 5.63. The number of ether oxygens (including phenoxy) is 1. The predicted octanol–water partition coefficient (Wildman–Crippen LogP) is 2.12. The van der Waals surface area contributed by atoms with Gasteiger partial charge in [0.15, 0.2) is 0 Å². The number of hydrogen-bond acceptors (Lipinski definition) is 3. The first-order valence-corrected chi connectivity index (χ1v) is 5.47. The molecule has 84 valence electrons. The van der Waals surface area contributed by atoms with Crippen LogP contribution in [0.15, 0.2) is 18.2 Å². The maximum Gasteiger partial charge on any atom is 0.0891 e. The Kier molecular flexibility index (Phi) is 5.29. The van der Waals surface area contributed by atoms with Crippen LogP contribution in [0.25, 0.3) is 0 Å². The molecule has 1 heterocycles. The lowest BCUT2D eigenvalue weighted by Crippen LogP contribution is -2.10. The van der Waals surface area contributed by atoms with Gasteiger partial charge in [0.2, 0.25) is 0 Å². The molecule has 0 aromatic carbocycles. The van der Waals surface area contributed by atoms with E-state index in [1.165, 1.54) is 0 Å². The van der Waals surface area contributed by atoms with Gasteiger partial charge in [-0.3, -0.25) is 4.98 Å². The van der Waals surface area contributed by atoms with E-state index in [0.717, 1.165) is 24.4 Å². The van der Waals surface area contributed by atoms with Gasteiger partial charge >= 0.3 is 0 Å². The smallest absolute Gasteiger partial charge is 0.0891 e. The molecule has 0 aliphatic rings. The fraction of sp³-hybridized carbons (Fsp3) is 0.583. The van der Waals surface area contributed by atoms with E-state index >= 15 is 0 Å². The summed E-state index contributed by atoms with van der Waals surface area (Å²) in [5, 5.41) is 3.08. The van der Waals surface area contributed by atoms with Crippen LogP contribution in [0.2, 0.25) is 0 Å². The highest BCUT2D eigenvalue weighted by Gasteiger charge is 2.01. The first-order valence-electron chi connectivity index (χ1n) is 5.47. The summed E-state index contributed by atoms with van der Waals surface area (Å²) < 4.78 is 5.63. The second-order valence-corrected chi connectivity index (χ2v) is 3.68. The van der Waals surface area contributed by atoms with Crippen LogP contribution in [0.3, 0.4) is 0 Å². The second kappa shape index (κ2) is 6.53. The van der Waals surface area contributed by atoms with Gasteiger partial charge in [0.05, 0.1) is 24.1 Å². The van der Waals surface area contributed by atoms with E-state index in [1.54, 1.807) is 0 Å². The zero-order valence-electron chi connectivity index (χ0n) is 9.79. The molecule has 0 aliphatic carbocycles. The minimum Gasteiger partial charge on any atom is -0.372 e. The molecule has 3 heteroatoms. The molecule has 0 amide bonds. The number of nitrogens with one attached hydrogen (secondary N) is 1. The zero-order chi connectivity index (χ0) is 11.1. The van der Waals surface area contributed by atoms with E-state index in [0.29, 0.717) is 12.7 Å². The minimum absolute atomic E-state index is 0.305. The molecule has 1 rings (SSSR count). The third kappa shape index (κ3) is 4.40. The number of nitrogens with zero attached hydrogens (tertiary/aromatic N) is 1. The Bertz CT molecular complexity index is 289. The van der Waals surface area contributed by atoms with E-state index in [9.17, 15) is 0 Å². The van der Waals surface area contributed by atoms with Gasteiger partial charge in [-0.25, -0.2) is 0 Å². The third-order valence-electron chi connectivity index (χ3n) is 2.31. The lowest BCUT2D eigenvalue weighted by atomic mass is 10.3. The number of pyridine rings is 1. The molecule has 3 nitrogen and oxygen atoms in total. The fourth-order valence-electron chi connectivity index (χ4n) is 1.23. The molecular formula is C12H20N2O. The molecule has 0 saturated carbocycles. The van der Waals surface area contributed by atoms with Crippen molar-refractivity contribution in [3.63, 3.8) is 0 Å². The molecule has 1 N–H and O–H groups in total. The average Bonchev–Trinajstić information content (AvgIpc) is 2.27. The zero-order valence-corrected chi connectivity index (χ0v) is 9.79. The van der Waals surface area contributed by atoms with E-state index in [4.69, 9.17) is 4.74 Å². The van der Waals surface area contributed by atoms with Crippen molar-refractivity contribution >= 4 is 0 Å². The van der Waals surface area contributed by atoms with E-state index in [-0.39, 0.29) is 0 Å². The monoisotopic (exact) mass is 208 g/mol. The fourth-order valence-corrected chi connectivity index (χ4v) is 1.23. The first-order chi connectivity index (χ1) is 7.26. The van der Waals surface area contributed by atoms with Crippen LogP contribution >= 0.6 is 0 Å². The summed E-state index contributed by atoms with van der Waals surface area (Å²) in [5.74, 6) is 0. The quantitative estimate of drug-likeness (QED) is 0.777. The summed E-state index contributed by atoms with van der Waals surface area (Å²) in [7, 11) is 1.92. The molecule has 0 aliphatic heterocycles. The van der Waals surface area contributed by atoms with Crippen molar-refractivity contribution < 1.29 is 4.74 Å². The van der Waals surface area contributed by atoms with Crippen molar-refractivity contribution in [3.8, 4) is 0 Å². The van der Waals surface area contributed by atoms with Gasteiger partial charge in [-0.05, 0) is 32.5 Å². The second-order valence-electron chi connectivity index (χ2n) is 3.68. The highest BCUT2D eigenvalue weighted by Crippen LogP contribution is 2.04. The van der Waals surface area contributed by atoms with Crippen LogP contribution in [0, 0.1) is 0 Å². The van der Waals surface area contributed by atoms with Gasteiger partial charge in [0.25, 0.3) is 0 Å².